The zero-order valence-electron chi connectivity index (χ0n) is 9.32. The van der Waals surface area contributed by atoms with Crippen LogP contribution in [0.5, 0.6) is 5.75 Å². The third-order valence-corrected chi connectivity index (χ3v) is 2.10. The van der Waals surface area contributed by atoms with Crippen LogP contribution in [0.2, 0.25) is 5.02 Å². The maximum absolute atomic E-state index is 11.0. The quantitative estimate of drug-likeness (QED) is 0.777. The summed E-state index contributed by atoms with van der Waals surface area (Å²) in [7, 11) is 0. The van der Waals surface area contributed by atoms with Crippen molar-refractivity contribution in [2.24, 2.45) is 5.73 Å². The van der Waals surface area contributed by atoms with Crippen LogP contribution >= 0.6 is 24.0 Å². The van der Waals surface area contributed by atoms with Gasteiger partial charge >= 0.3 is 0 Å². The van der Waals surface area contributed by atoms with Crippen molar-refractivity contribution in [1.29, 1.82) is 0 Å². The number of hydrogen-bond donors (Lipinski definition) is 2. The summed E-state index contributed by atoms with van der Waals surface area (Å²) in [6, 6.07) is 7.12. The Bertz CT molecular complexity index is 348. The Morgan fingerprint density at radius 3 is 2.88 bits per heavy atom. The van der Waals surface area contributed by atoms with Crippen LogP contribution < -0.4 is 15.8 Å². The van der Waals surface area contributed by atoms with Gasteiger partial charge in [0.25, 0.3) is 0 Å². The molecule has 1 aromatic rings. The second-order valence-electron chi connectivity index (χ2n) is 3.19. The van der Waals surface area contributed by atoms with E-state index in [0.717, 1.165) is 0 Å². The molecule has 0 aliphatic rings. The number of carbonyl (C=O) groups excluding carboxylic acids is 1. The Labute approximate surface area is 112 Å². The molecule has 6 heteroatoms. The maximum atomic E-state index is 11.0. The van der Waals surface area contributed by atoms with Crippen LogP contribution in [0.4, 0.5) is 0 Å². The molecule has 0 aromatic heterocycles. The fraction of sp³-hybridized carbons (Fsp3) is 0.364. The summed E-state index contributed by atoms with van der Waals surface area (Å²) in [4.78, 5) is 11.0. The lowest BCUT2D eigenvalue weighted by molar-refractivity contribution is -0.120. The van der Waals surface area contributed by atoms with Crippen LogP contribution in [-0.2, 0) is 4.79 Å². The second kappa shape index (κ2) is 9.10. The van der Waals surface area contributed by atoms with Crippen LogP contribution in [0, 0.1) is 0 Å². The van der Waals surface area contributed by atoms with Gasteiger partial charge in [0, 0.05) is 18.0 Å². The highest BCUT2D eigenvalue weighted by Gasteiger charge is 1.98. The van der Waals surface area contributed by atoms with Crippen LogP contribution in [-0.4, -0.2) is 25.6 Å². The molecule has 96 valence electrons. The van der Waals surface area contributed by atoms with Gasteiger partial charge in [0.15, 0.2) is 0 Å². The van der Waals surface area contributed by atoms with E-state index in [0.29, 0.717) is 36.9 Å². The summed E-state index contributed by atoms with van der Waals surface area (Å²) in [5, 5.41) is 3.32. The van der Waals surface area contributed by atoms with Crippen LogP contribution in [0.1, 0.15) is 6.42 Å². The average Bonchev–Trinajstić information content (AvgIpc) is 2.25. The summed E-state index contributed by atoms with van der Waals surface area (Å²) >= 11 is 5.79. The van der Waals surface area contributed by atoms with Crippen molar-refractivity contribution in [3.63, 3.8) is 0 Å². The summed E-state index contributed by atoms with van der Waals surface area (Å²) in [6.45, 7) is 1.24. The largest absolute Gasteiger partial charge is 0.492 e. The van der Waals surface area contributed by atoms with Crippen molar-refractivity contribution in [3.05, 3.63) is 29.3 Å². The molecule has 0 fully saturated rings. The number of hydrogen-bond acceptors (Lipinski definition) is 3. The first kappa shape index (κ1) is 16.0. The summed E-state index contributed by atoms with van der Waals surface area (Å²) in [5.41, 5.74) is 5.23. The molecule has 3 N–H and O–H groups in total. The molecule has 0 heterocycles. The van der Waals surface area contributed by atoms with Crippen molar-refractivity contribution in [3.8, 4) is 5.75 Å². The number of nitrogens with one attached hydrogen (secondary N) is 1. The number of benzene rings is 1. The lowest BCUT2D eigenvalue weighted by Crippen LogP contribution is -2.29. The minimum atomic E-state index is -0.0582. The lowest BCUT2D eigenvalue weighted by atomic mass is 10.3. The lowest BCUT2D eigenvalue weighted by Gasteiger charge is -2.07. The molecule has 0 bridgehead atoms. The first-order valence-corrected chi connectivity index (χ1v) is 5.45. The van der Waals surface area contributed by atoms with Gasteiger partial charge in [-0.1, -0.05) is 17.7 Å². The first-order chi connectivity index (χ1) is 7.72. The Morgan fingerprint density at radius 1 is 1.47 bits per heavy atom. The highest BCUT2D eigenvalue weighted by molar-refractivity contribution is 6.30. The Balaban J connectivity index is 0.00000256. The molecular weight excluding hydrogens is 263 g/mol. The molecule has 0 aliphatic heterocycles. The standard InChI is InChI=1S/C11H15ClN2O2.ClH/c12-9-2-1-3-10(8-9)16-7-6-14-11(15)4-5-13;/h1-3,8H,4-7,13H2,(H,14,15);1H. The van der Waals surface area contributed by atoms with E-state index in [1.165, 1.54) is 0 Å². The summed E-state index contributed by atoms with van der Waals surface area (Å²) < 4.78 is 5.38. The van der Waals surface area contributed by atoms with Crippen molar-refractivity contribution in [2.75, 3.05) is 19.7 Å². The zero-order valence-corrected chi connectivity index (χ0v) is 10.9. The normalized spacial score (nSPS) is 9.29. The van der Waals surface area contributed by atoms with E-state index in [-0.39, 0.29) is 18.3 Å². The zero-order chi connectivity index (χ0) is 11.8. The predicted molar refractivity (Wildman–Crippen MR) is 70.9 cm³/mol. The number of carbonyl (C=O) groups is 1. The number of nitrogens with two attached hydrogens (primary N) is 1. The minimum absolute atomic E-state index is 0. The second-order valence-corrected chi connectivity index (χ2v) is 3.63. The van der Waals surface area contributed by atoms with Gasteiger partial charge in [0.1, 0.15) is 12.4 Å². The Morgan fingerprint density at radius 2 is 2.24 bits per heavy atom. The topological polar surface area (TPSA) is 64.4 Å². The summed E-state index contributed by atoms with van der Waals surface area (Å²) in [6.07, 6.45) is 0.344. The maximum Gasteiger partial charge on any atom is 0.221 e. The highest BCUT2D eigenvalue weighted by atomic mass is 35.5. The van der Waals surface area contributed by atoms with Gasteiger partial charge in [-0.25, -0.2) is 0 Å². The van der Waals surface area contributed by atoms with E-state index in [4.69, 9.17) is 22.1 Å². The first-order valence-electron chi connectivity index (χ1n) is 5.07. The molecule has 0 unspecified atom stereocenters. The number of amides is 1. The van der Waals surface area contributed by atoms with E-state index in [1.807, 2.05) is 12.1 Å². The third-order valence-electron chi connectivity index (χ3n) is 1.86. The van der Waals surface area contributed by atoms with E-state index in [9.17, 15) is 4.79 Å². The monoisotopic (exact) mass is 278 g/mol. The van der Waals surface area contributed by atoms with Gasteiger partial charge in [-0.05, 0) is 18.2 Å². The van der Waals surface area contributed by atoms with Crippen LogP contribution in [0.25, 0.3) is 0 Å². The van der Waals surface area contributed by atoms with Crippen LogP contribution in [0.3, 0.4) is 0 Å². The van der Waals surface area contributed by atoms with E-state index < -0.39 is 0 Å². The van der Waals surface area contributed by atoms with Gasteiger partial charge in [0.05, 0.1) is 6.54 Å². The fourth-order valence-corrected chi connectivity index (χ4v) is 1.32. The number of halogens is 2. The van der Waals surface area contributed by atoms with E-state index in [1.54, 1.807) is 12.1 Å². The molecule has 0 saturated heterocycles. The molecule has 4 nitrogen and oxygen atoms in total. The average molecular weight is 279 g/mol. The van der Waals surface area contributed by atoms with Crippen molar-refractivity contribution < 1.29 is 9.53 Å². The highest BCUT2D eigenvalue weighted by Crippen LogP contribution is 2.16. The molecule has 17 heavy (non-hydrogen) atoms. The van der Waals surface area contributed by atoms with Crippen molar-refractivity contribution in [2.45, 2.75) is 6.42 Å². The molecular formula is C11H16Cl2N2O2. The van der Waals surface area contributed by atoms with Crippen molar-refractivity contribution >= 4 is 29.9 Å². The fourth-order valence-electron chi connectivity index (χ4n) is 1.14. The van der Waals surface area contributed by atoms with E-state index >= 15 is 0 Å². The van der Waals surface area contributed by atoms with E-state index in [2.05, 4.69) is 5.32 Å². The minimum Gasteiger partial charge on any atom is -0.492 e. The SMILES string of the molecule is Cl.NCCC(=O)NCCOc1cccc(Cl)c1. The number of rotatable bonds is 6. The van der Waals surface area contributed by atoms with Crippen molar-refractivity contribution in [1.82, 2.24) is 5.32 Å². The number of ether oxygens (including phenoxy) is 1. The molecule has 0 spiro atoms. The Kier molecular flexibility index (Phi) is 8.58. The molecule has 1 aromatic carbocycles. The van der Waals surface area contributed by atoms with Gasteiger partial charge in [-0.15, -0.1) is 12.4 Å². The summed E-state index contributed by atoms with van der Waals surface area (Å²) in [5.74, 6) is 0.637. The molecule has 1 amide bonds. The predicted octanol–water partition coefficient (Wildman–Crippen LogP) is 1.61. The van der Waals surface area contributed by atoms with Gasteiger partial charge in [-0.2, -0.15) is 0 Å². The Hall–Kier alpha value is -0.970. The molecule has 0 atom stereocenters. The van der Waals surface area contributed by atoms with Crippen LogP contribution in [0.15, 0.2) is 24.3 Å². The molecule has 0 aliphatic carbocycles. The molecule has 0 saturated carbocycles. The van der Waals surface area contributed by atoms with Gasteiger partial charge < -0.3 is 15.8 Å². The molecule has 1 rings (SSSR count). The third kappa shape index (κ3) is 7.05. The molecule has 0 radical (unpaired) electrons. The van der Waals surface area contributed by atoms with Gasteiger partial charge in [-0.3, -0.25) is 4.79 Å². The smallest absolute Gasteiger partial charge is 0.221 e. The van der Waals surface area contributed by atoms with Gasteiger partial charge in [0.2, 0.25) is 5.91 Å².